The van der Waals surface area contributed by atoms with Crippen molar-refractivity contribution < 1.29 is 14.6 Å². The van der Waals surface area contributed by atoms with Crippen LogP contribution in [0, 0.1) is 0 Å². The van der Waals surface area contributed by atoms with E-state index in [1.807, 2.05) is 19.0 Å². The van der Waals surface area contributed by atoms with Crippen LogP contribution >= 0.6 is 0 Å². The quantitative estimate of drug-likeness (QED) is 0.285. The van der Waals surface area contributed by atoms with Crippen molar-refractivity contribution in [2.24, 2.45) is 0 Å². The van der Waals surface area contributed by atoms with Crippen LogP contribution in [0.5, 0.6) is 0 Å². The number of hydrogen-bond donors (Lipinski definition) is 1. The Kier molecular flexibility index (Phi) is 5.12. The fourth-order valence-electron chi connectivity index (χ4n) is 0.629. The summed E-state index contributed by atoms with van der Waals surface area (Å²) in [5, 5.41) is 8.55. The Morgan fingerprint density at radius 2 is 2.17 bits per heavy atom. The fraction of sp³-hybridized carbons (Fsp3) is 0.625. The monoisotopic (exact) mass is 173 g/mol. The summed E-state index contributed by atoms with van der Waals surface area (Å²) in [6, 6.07) is 0. The molecule has 0 atom stereocenters. The molecular weight excluding hydrogens is 158 g/mol. The first-order chi connectivity index (χ1) is 5.54. The number of hydrogen-bond acceptors (Lipinski definition) is 4. The van der Waals surface area contributed by atoms with Crippen molar-refractivity contribution in [2.75, 3.05) is 27.2 Å². The summed E-state index contributed by atoms with van der Waals surface area (Å²) in [5.74, 6) is -1.28. The molecule has 0 radical (unpaired) electrons. The number of rotatable bonds is 5. The molecule has 0 aliphatic carbocycles. The van der Waals surface area contributed by atoms with Gasteiger partial charge in [0.2, 0.25) is 0 Å². The molecule has 0 heterocycles. The van der Waals surface area contributed by atoms with Gasteiger partial charge in [-0.15, -0.1) is 0 Å². The lowest BCUT2D eigenvalue weighted by atomic mass is 10.4. The molecule has 4 heteroatoms. The molecule has 0 unspecified atom stereocenters. The third-order valence-electron chi connectivity index (χ3n) is 1.22. The number of aliphatic hydroxyl groups excluding tert-OH is 1. The Morgan fingerprint density at radius 1 is 1.58 bits per heavy atom. The van der Waals surface area contributed by atoms with Gasteiger partial charge in [0.1, 0.15) is 0 Å². The fourth-order valence-corrected chi connectivity index (χ4v) is 0.629. The topological polar surface area (TPSA) is 49.8 Å². The molecule has 1 N–H and O–H groups in total. The van der Waals surface area contributed by atoms with E-state index in [0.29, 0.717) is 6.61 Å². The summed E-state index contributed by atoms with van der Waals surface area (Å²) in [5.41, 5.74) is 0. The Balaban J connectivity index is 3.32. The maximum atomic E-state index is 10.6. The largest absolute Gasteiger partial charge is 0.502 e. The predicted molar refractivity (Wildman–Crippen MR) is 45.9 cm³/mol. The van der Waals surface area contributed by atoms with Gasteiger partial charge in [-0.3, -0.25) is 0 Å². The molecule has 0 fully saturated rings. The molecule has 0 saturated carbocycles. The average molecular weight is 173 g/mol. The van der Waals surface area contributed by atoms with Crippen molar-refractivity contribution in [3.63, 3.8) is 0 Å². The highest BCUT2D eigenvalue weighted by molar-refractivity contribution is 5.84. The number of esters is 1. The second kappa shape index (κ2) is 5.60. The number of carbonyl (C=O) groups excluding carboxylic acids is 1. The van der Waals surface area contributed by atoms with E-state index in [0.717, 1.165) is 13.0 Å². The first-order valence-corrected chi connectivity index (χ1v) is 3.73. The minimum Gasteiger partial charge on any atom is -0.502 e. The van der Waals surface area contributed by atoms with Gasteiger partial charge in [0.15, 0.2) is 5.76 Å². The average Bonchev–Trinajstić information content (AvgIpc) is 1.97. The van der Waals surface area contributed by atoms with E-state index in [-0.39, 0.29) is 0 Å². The Hall–Kier alpha value is -1.03. The molecule has 0 aromatic rings. The Bertz CT molecular complexity index is 166. The maximum Gasteiger partial charge on any atom is 0.372 e. The van der Waals surface area contributed by atoms with Crippen LogP contribution < -0.4 is 0 Å². The second-order valence-corrected chi connectivity index (χ2v) is 2.74. The Labute approximate surface area is 72.4 Å². The maximum absolute atomic E-state index is 10.6. The van der Waals surface area contributed by atoms with Gasteiger partial charge in [-0.05, 0) is 27.1 Å². The van der Waals surface area contributed by atoms with E-state index >= 15 is 0 Å². The van der Waals surface area contributed by atoms with E-state index in [4.69, 9.17) is 5.11 Å². The van der Waals surface area contributed by atoms with E-state index in [1.54, 1.807) is 0 Å². The van der Waals surface area contributed by atoms with Crippen LogP contribution in [-0.2, 0) is 9.53 Å². The van der Waals surface area contributed by atoms with Crippen LogP contribution in [-0.4, -0.2) is 43.2 Å². The zero-order chi connectivity index (χ0) is 9.56. The van der Waals surface area contributed by atoms with E-state index < -0.39 is 11.7 Å². The molecule has 0 aliphatic heterocycles. The standard InChI is InChI=1S/C8H15NO3/c1-7(10)8(11)12-6-4-5-9(2)3/h10H,1,4-6H2,2-3H3. The van der Waals surface area contributed by atoms with Crippen LogP contribution in [0.3, 0.4) is 0 Å². The molecule has 0 aromatic carbocycles. The molecule has 0 rings (SSSR count). The van der Waals surface area contributed by atoms with Crippen molar-refractivity contribution in [1.29, 1.82) is 0 Å². The van der Waals surface area contributed by atoms with E-state index in [2.05, 4.69) is 11.3 Å². The van der Waals surface area contributed by atoms with Crippen LogP contribution in [0.15, 0.2) is 12.3 Å². The first-order valence-electron chi connectivity index (χ1n) is 3.73. The molecule has 0 amide bonds. The summed E-state index contributed by atoms with van der Waals surface area (Å²) in [4.78, 5) is 12.6. The van der Waals surface area contributed by atoms with Gasteiger partial charge in [-0.2, -0.15) is 0 Å². The summed E-state index contributed by atoms with van der Waals surface area (Å²) >= 11 is 0. The van der Waals surface area contributed by atoms with Crippen molar-refractivity contribution in [2.45, 2.75) is 6.42 Å². The highest BCUT2D eigenvalue weighted by Gasteiger charge is 2.04. The minimum atomic E-state index is -0.742. The third kappa shape index (κ3) is 5.73. The van der Waals surface area contributed by atoms with Gasteiger partial charge in [0.05, 0.1) is 6.61 Å². The van der Waals surface area contributed by atoms with Gasteiger partial charge < -0.3 is 14.7 Å². The lowest BCUT2D eigenvalue weighted by Crippen LogP contribution is -2.16. The normalized spacial score (nSPS) is 9.92. The molecule has 70 valence electrons. The van der Waals surface area contributed by atoms with Gasteiger partial charge in [0.25, 0.3) is 0 Å². The van der Waals surface area contributed by atoms with Crippen LogP contribution in [0.1, 0.15) is 6.42 Å². The Morgan fingerprint density at radius 3 is 2.58 bits per heavy atom. The first kappa shape index (κ1) is 11.0. The van der Waals surface area contributed by atoms with E-state index in [9.17, 15) is 4.79 Å². The zero-order valence-electron chi connectivity index (χ0n) is 7.54. The summed E-state index contributed by atoms with van der Waals surface area (Å²) in [6.07, 6.45) is 0.756. The van der Waals surface area contributed by atoms with Gasteiger partial charge >= 0.3 is 5.97 Å². The summed E-state index contributed by atoms with van der Waals surface area (Å²) in [7, 11) is 3.87. The van der Waals surface area contributed by atoms with Crippen molar-refractivity contribution in [3.05, 3.63) is 12.3 Å². The molecular formula is C8H15NO3. The van der Waals surface area contributed by atoms with E-state index in [1.165, 1.54) is 0 Å². The minimum absolute atomic E-state index is 0.316. The van der Waals surface area contributed by atoms with Gasteiger partial charge in [0, 0.05) is 6.54 Å². The highest BCUT2D eigenvalue weighted by Crippen LogP contribution is 1.91. The smallest absolute Gasteiger partial charge is 0.372 e. The lowest BCUT2D eigenvalue weighted by Gasteiger charge is -2.08. The highest BCUT2D eigenvalue weighted by atomic mass is 16.5. The predicted octanol–water partition coefficient (Wildman–Crippen LogP) is 0.553. The second-order valence-electron chi connectivity index (χ2n) is 2.74. The third-order valence-corrected chi connectivity index (χ3v) is 1.22. The summed E-state index contributed by atoms with van der Waals surface area (Å²) < 4.78 is 4.64. The van der Waals surface area contributed by atoms with Crippen molar-refractivity contribution >= 4 is 5.97 Å². The number of nitrogens with zero attached hydrogens (tertiary/aromatic N) is 1. The lowest BCUT2D eigenvalue weighted by molar-refractivity contribution is -0.142. The molecule has 12 heavy (non-hydrogen) atoms. The van der Waals surface area contributed by atoms with Crippen LogP contribution in [0.2, 0.25) is 0 Å². The molecule has 0 aromatic heterocycles. The molecule has 0 bridgehead atoms. The van der Waals surface area contributed by atoms with Gasteiger partial charge in [-0.25, -0.2) is 4.79 Å². The molecule has 4 nitrogen and oxygen atoms in total. The zero-order valence-corrected chi connectivity index (χ0v) is 7.54. The number of carbonyl (C=O) groups is 1. The summed E-state index contributed by atoms with van der Waals surface area (Å²) in [6.45, 7) is 4.21. The SMILES string of the molecule is C=C(O)C(=O)OCCCN(C)C. The number of aliphatic hydroxyl groups is 1. The molecule has 0 saturated heterocycles. The van der Waals surface area contributed by atoms with Crippen molar-refractivity contribution in [3.8, 4) is 0 Å². The van der Waals surface area contributed by atoms with Gasteiger partial charge in [-0.1, -0.05) is 0 Å². The van der Waals surface area contributed by atoms with Crippen LogP contribution in [0.25, 0.3) is 0 Å². The molecule has 0 spiro atoms. The van der Waals surface area contributed by atoms with Crippen molar-refractivity contribution in [1.82, 2.24) is 4.90 Å². The molecule has 0 aliphatic rings. The number of ether oxygens (including phenoxy) is 1. The van der Waals surface area contributed by atoms with Crippen LogP contribution in [0.4, 0.5) is 0 Å².